The molecular formula is C17H12BrNO2. The molecule has 0 aliphatic rings. The van der Waals surface area contributed by atoms with Crippen LogP contribution >= 0.6 is 15.9 Å². The van der Waals surface area contributed by atoms with Gasteiger partial charge in [-0.05, 0) is 35.4 Å². The smallest absolute Gasteiger partial charge is 0.331 e. The van der Waals surface area contributed by atoms with Gasteiger partial charge in [-0.1, -0.05) is 46.3 Å². The van der Waals surface area contributed by atoms with E-state index in [-0.39, 0.29) is 6.61 Å². The van der Waals surface area contributed by atoms with E-state index < -0.39 is 5.97 Å². The monoisotopic (exact) mass is 341 g/mol. The molecule has 0 N–H and O–H groups in total. The van der Waals surface area contributed by atoms with Crippen molar-refractivity contribution in [2.24, 2.45) is 0 Å². The third-order valence-electron chi connectivity index (χ3n) is 2.77. The molecule has 0 spiro atoms. The van der Waals surface area contributed by atoms with Gasteiger partial charge in [0.05, 0.1) is 11.6 Å². The number of hydrogen-bond acceptors (Lipinski definition) is 3. The number of nitriles is 1. The van der Waals surface area contributed by atoms with E-state index in [0.717, 1.165) is 15.6 Å². The molecule has 0 heterocycles. The third-order valence-corrected chi connectivity index (χ3v) is 3.49. The van der Waals surface area contributed by atoms with Crippen LogP contribution in [-0.2, 0) is 16.1 Å². The molecule has 0 amide bonds. The normalized spacial score (nSPS) is 10.3. The summed E-state index contributed by atoms with van der Waals surface area (Å²) in [6.45, 7) is 0.185. The number of ether oxygens (including phenoxy) is 1. The SMILES string of the molecule is N#Cc1ccc(COC(=O)/C=C/c2ccccc2Br)cc1. The summed E-state index contributed by atoms with van der Waals surface area (Å²) in [6.07, 6.45) is 3.09. The molecule has 104 valence electrons. The second-order valence-corrected chi connectivity index (χ2v) is 5.13. The molecule has 0 saturated carbocycles. The Hall–Kier alpha value is -2.38. The zero-order valence-corrected chi connectivity index (χ0v) is 12.7. The average molecular weight is 342 g/mol. The second kappa shape index (κ2) is 7.41. The number of rotatable bonds is 4. The minimum Gasteiger partial charge on any atom is -0.458 e. The summed E-state index contributed by atoms with van der Waals surface area (Å²) < 4.78 is 6.06. The lowest BCUT2D eigenvalue weighted by molar-refractivity contribution is -0.138. The minimum atomic E-state index is -0.407. The molecule has 0 saturated heterocycles. The van der Waals surface area contributed by atoms with Crippen LogP contribution in [0.5, 0.6) is 0 Å². The van der Waals surface area contributed by atoms with E-state index in [1.165, 1.54) is 6.08 Å². The van der Waals surface area contributed by atoms with Crippen LogP contribution < -0.4 is 0 Å². The molecule has 0 bridgehead atoms. The van der Waals surface area contributed by atoms with Crippen molar-refractivity contribution in [1.82, 2.24) is 0 Å². The topological polar surface area (TPSA) is 50.1 Å². The van der Waals surface area contributed by atoms with Gasteiger partial charge in [0, 0.05) is 10.5 Å². The molecule has 0 atom stereocenters. The van der Waals surface area contributed by atoms with Gasteiger partial charge in [0.1, 0.15) is 6.61 Å². The lowest BCUT2D eigenvalue weighted by Gasteiger charge is -2.02. The molecule has 2 rings (SSSR count). The Balaban J connectivity index is 1.90. The van der Waals surface area contributed by atoms with Crippen molar-refractivity contribution in [3.63, 3.8) is 0 Å². The fourth-order valence-corrected chi connectivity index (χ4v) is 2.06. The number of halogens is 1. The lowest BCUT2D eigenvalue weighted by Crippen LogP contribution is -2.00. The van der Waals surface area contributed by atoms with Gasteiger partial charge in [-0.15, -0.1) is 0 Å². The van der Waals surface area contributed by atoms with Crippen molar-refractivity contribution in [1.29, 1.82) is 5.26 Å². The van der Waals surface area contributed by atoms with E-state index in [4.69, 9.17) is 10.00 Å². The first-order valence-corrected chi connectivity index (χ1v) is 7.07. The molecule has 0 fully saturated rings. The molecule has 0 unspecified atom stereocenters. The molecule has 3 nitrogen and oxygen atoms in total. The number of carbonyl (C=O) groups excluding carboxylic acids is 1. The first-order valence-electron chi connectivity index (χ1n) is 6.27. The number of carbonyl (C=O) groups is 1. The summed E-state index contributed by atoms with van der Waals surface area (Å²) in [5, 5.41) is 8.70. The molecule has 4 heteroatoms. The van der Waals surface area contributed by atoms with E-state index in [1.54, 1.807) is 30.3 Å². The van der Waals surface area contributed by atoms with Crippen LogP contribution in [0, 0.1) is 11.3 Å². The van der Waals surface area contributed by atoms with Crippen LogP contribution in [0.3, 0.4) is 0 Å². The highest BCUT2D eigenvalue weighted by Crippen LogP contribution is 2.17. The maximum absolute atomic E-state index is 11.6. The molecule has 21 heavy (non-hydrogen) atoms. The first kappa shape index (κ1) is 15.0. The minimum absolute atomic E-state index is 0.185. The van der Waals surface area contributed by atoms with Gasteiger partial charge in [-0.2, -0.15) is 5.26 Å². The van der Waals surface area contributed by atoms with Gasteiger partial charge in [0.15, 0.2) is 0 Å². The molecule has 0 aliphatic carbocycles. The van der Waals surface area contributed by atoms with Gasteiger partial charge in [0.25, 0.3) is 0 Å². The quantitative estimate of drug-likeness (QED) is 0.621. The van der Waals surface area contributed by atoms with E-state index in [1.807, 2.05) is 30.3 Å². The van der Waals surface area contributed by atoms with Crippen molar-refractivity contribution in [2.75, 3.05) is 0 Å². The molecule has 0 aromatic heterocycles. The third kappa shape index (κ3) is 4.59. The van der Waals surface area contributed by atoms with Crippen molar-refractivity contribution in [2.45, 2.75) is 6.61 Å². The van der Waals surface area contributed by atoms with Crippen molar-refractivity contribution in [3.8, 4) is 6.07 Å². The van der Waals surface area contributed by atoms with Crippen LogP contribution in [0.2, 0.25) is 0 Å². The predicted molar refractivity (Wildman–Crippen MR) is 84.1 cm³/mol. The Morgan fingerprint density at radius 3 is 2.57 bits per heavy atom. The number of esters is 1. The highest BCUT2D eigenvalue weighted by Gasteiger charge is 2.00. The van der Waals surface area contributed by atoms with Crippen molar-refractivity contribution in [3.05, 3.63) is 75.8 Å². The lowest BCUT2D eigenvalue weighted by atomic mass is 10.2. The first-order chi connectivity index (χ1) is 10.2. The van der Waals surface area contributed by atoms with Crippen LogP contribution in [0.15, 0.2) is 59.1 Å². The van der Waals surface area contributed by atoms with E-state index in [0.29, 0.717) is 5.56 Å². The Kier molecular flexibility index (Phi) is 5.30. The second-order valence-electron chi connectivity index (χ2n) is 4.27. The van der Waals surface area contributed by atoms with Gasteiger partial charge >= 0.3 is 5.97 Å². The van der Waals surface area contributed by atoms with Crippen molar-refractivity contribution < 1.29 is 9.53 Å². The summed E-state index contributed by atoms with van der Waals surface area (Å²) in [4.78, 5) is 11.6. The van der Waals surface area contributed by atoms with Gasteiger partial charge in [-0.3, -0.25) is 0 Å². The van der Waals surface area contributed by atoms with Crippen LogP contribution in [0.1, 0.15) is 16.7 Å². The van der Waals surface area contributed by atoms with E-state index in [2.05, 4.69) is 15.9 Å². The number of hydrogen-bond donors (Lipinski definition) is 0. The summed E-state index contributed by atoms with van der Waals surface area (Å²) in [6, 6.07) is 16.6. The Labute approximate surface area is 131 Å². The molecule has 2 aromatic rings. The Morgan fingerprint density at radius 2 is 1.90 bits per heavy atom. The maximum Gasteiger partial charge on any atom is 0.331 e. The summed E-state index contributed by atoms with van der Waals surface area (Å²) in [5.41, 5.74) is 2.34. The molecule has 2 aromatic carbocycles. The molecule has 0 aliphatic heterocycles. The van der Waals surface area contributed by atoms with Crippen LogP contribution in [-0.4, -0.2) is 5.97 Å². The van der Waals surface area contributed by atoms with E-state index in [9.17, 15) is 4.79 Å². The van der Waals surface area contributed by atoms with Crippen molar-refractivity contribution >= 4 is 28.0 Å². The Bertz CT molecular complexity index is 699. The summed E-state index contributed by atoms with van der Waals surface area (Å²) in [5.74, 6) is -0.407. The average Bonchev–Trinajstić information content (AvgIpc) is 2.52. The molecule has 0 radical (unpaired) electrons. The van der Waals surface area contributed by atoms with Gasteiger partial charge < -0.3 is 4.74 Å². The Morgan fingerprint density at radius 1 is 1.19 bits per heavy atom. The maximum atomic E-state index is 11.6. The molecular weight excluding hydrogens is 330 g/mol. The fraction of sp³-hybridized carbons (Fsp3) is 0.0588. The zero-order chi connectivity index (χ0) is 15.1. The summed E-state index contributed by atoms with van der Waals surface area (Å²) in [7, 11) is 0. The highest BCUT2D eigenvalue weighted by atomic mass is 79.9. The van der Waals surface area contributed by atoms with E-state index >= 15 is 0 Å². The largest absolute Gasteiger partial charge is 0.458 e. The van der Waals surface area contributed by atoms with Gasteiger partial charge in [-0.25, -0.2) is 4.79 Å². The zero-order valence-electron chi connectivity index (χ0n) is 11.1. The fourth-order valence-electron chi connectivity index (χ4n) is 1.65. The van der Waals surface area contributed by atoms with Crippen LogP contribution in [0.4, 0.5) is 0 Å². The number of benzene rings is 2. The van der Waals surface area contributed by atoms with Crippen LogP contribution in [0.25, 0.3) is 6.08 Å². The number of nitrogens with zero attached hydrogens (tertiary/aromatic N) is 1. The van der Waals surface area contributed by atoms with Gasteiger partial charge in [0.2, 0.25) is 0 Å². The summed E-state index contributed by atoms with van der Waals surface area (Å²) >= 11 is 3.41. The predicted octanol–water partition coefficient (Wildman–Crippen LogP) is 4.08. The highest BCUT2D eigenvalue weighted by molar-refractivity contribution is 9.10. The standard InChI is InChI=1S/C17H12BrNO2/c18-16-4-2-1-3-15(16)9-10-17(20)21-12-14-7-5-13(11-19)6-8-14/h1-10H,12H2/b10-9+.